The van der Waals surface area contributed by atoms with Crippen LogP contribution < -0.4 is 5.32 Å². The van der Waals surface area contributed by atoms with E-state index in [-0.39, 0.29) is 24.6 Å². The molecule has 0 radical (unpaired) electrons. The lowest BCUT2D eigenvalue weighted by atomic mass is 10.0. The van der Waals surface area contributed by atoms with Crippen LogP contribution in [-0.4, -0.2) is 53.5 Å². The fourth-order valence-electron chi connectivity index (χ4n) is 2.19. The number of amides is 2. The lowest BCUT2D eigenvalue weighted by molar-refractivity contribution is 0.0861. The summed E-state index contributed by atoms with van der Waals surface area (Å²) in [6, 6.07) is 3.51. The van der Waals surface area contributed by atoms with E-state index in [4.69, 9.17) is 16.3 Å². The van der Waals surface area contributed by atoms with Gasteiger partial charge in [-0.2, -0.15) is 0 Å². The summed E-state index contributed by atoms with van der Waals surface area (Å²) in [7, 11) is 0. The smallest absolute Gasteiger partial charge is 0.409 e. The summed E-state index contributed by atoms with van der Waals surface area (Å²) in [5.74, 6) is 0.162. The van der Waals surface area contributed by atoms with Crippen molar-refractivity contribution in [2.45, 2.75) is 18.9 Å². The average molecular weight is 312 g/mol. The molecule has 0 saturated carbocycles. The monoisotopic (exact) mass is 311 g/mol. The van der Waals surface area contributed by atoms with Gasteiger partial charge in [-0.3, -0.25) is 9.78 Å². The van der Waals surface area contributed by atoms with Crippen molar-refractivity contribution in [3.63, 3.8) is 0 Å². The van der Waals surface area contributed by atoms with Crippen molar-refractivity contribution in [2.24, 2.45) is 0 Å². The minimum absolute atomic E-state index is 0.0646. The van der Waals surface area contributed by atoms with Crippen LogP contribution in [0.5, 0.6) is 0 Å². The van der Waals surface area contributed by atoms with Gasteiger partial charge in [0, 0.05) is 31.5 Å². The maximum atomic E-state index is 12.0. The van der Waals surface area contributed by atoms with E-state index < -0.39 is 0 Å². The van der Waals surface area contributed by atoms with Crippen LogP contribution in [0.25, 0.3) is 0 Å². The number of carbonyl (C=O) groups is 2. The molecule has 1 aliphatic rings. The highest BCUT2D eigenvalue weighted by molar-refractivity contribution is 6.18. The Morgan fingerprint density at radius 3 is 2.81 bits per heavy atom. The molecule has 1 aromatic heterocycles. The molecule has 0 unspecified atom stereocenters. The first-order valence-electron chi connectivity index (χ1n) is 6.89. The number of rotatable bonds is 4. The molecule has 1 aliphatic heterocycles. The van der Waals surface area contributed by atoms with Crippen LogP contribution in [0.3, 0.4) is 0 Å². The topological polar surface area (TPSA) is 71.5 Å². The van der Waals surface area contributed by atoms with E-state index in [9.17, 15) is 9.59 Å². The third-order valence-corrected chi connectivity index (χ3v) is 3.47. The molecule has 0 aliphatic carbocycles. The third kappa shape index (κ3) is 4.60. The summed E-state index contributed by atoms with van der Waals surface area (Å²) < 4.78 is 4.98. The maximum Gasteiger partial charge on any atom is 0.409 e. The molecule has 2 rings (SSSR count). The van der Waals surface area contributed by atoms with Crippen LogP contribution in [0, 0.1) is 0 Å². The largest absolute Gasteiger partial charge is 0.448 e. The Hall–Kier alpha value is -1.82. The van der Waals surface area contributed by atoms with Gasteiger partial charge in [-0.15, -0.1) is 11.6 Å². The number of ether oxygens (including phenoxy) is 1. The molecule has 7 heteroatoms. The molecular formula is C14H18ClN3O3. The van der Waals surface area contributed by atoms with Crippen molar-refractivity contribution < 1.29 is 14.3 Å². The highest BCUT2D eigenvalue weighted by atomic mass is 35.5. The molecule has 0 spiro atoms. The van der Waals surface area contributed by atoms with Gasteiger partial charge in [0.05, 0.1) is 11.4 Å². The number of hydrogen-bond donors (Lipinski definition) is 1. The van der Waals surface area contributed by atoms with Gasteiger partial charge in [0.1, 0.15) is 6.61 Å². The number of halogens is 1. The normalized spacial score (nSPS) is 15.6. The van der Waals surface area contributed by atoms with Crippen molar-refractivity contribution in [3.8, 4) is 0 Å². The Kier molecular flexibility index (Phi) is 5.80. The van der Waals surface area contributed by atoms with Gasteiger partial charge < -0.3 is 15.0 Å². The standard InChI is InChI=1S/C14H18ClN3O3/c15-5-9-21-14(20)18-7-3-12(4-8-18)17-13(19)11-2-1-6-16-10-11/h1-2,6,10,12H,3-5,7-9H2,(H,17,19). The Morgan fingerprint density at radius 2 is 2.19 bits per heavy atom. The van der Waals surface area contributed by atoms with Crippen molar-refractivity contribution in [2.75, 3.05) is 25.6 Å². The predicted octanol–water partition coefficient (Wildman–Crippen LogP) is 1.65. The SMILES string of the molecule is O=C(NC1CCN(C(=O)OCCCl)CC1)c1cccnc1. The van der Waals surface area contributed by atoms with E-state index >= 15 is 0 Å². The molecule has 2 heterocycles. The molecule has 114 valence electrons. The molecule has 0 atom stereocenters. The van der Waals surface area contributed by atoms with Crippen LogP contribution in [0.1, 0.15) is 23.2 Å². The zero-order valence-electron chi connectivity index (χ0n) is 11.6. The van der Waals surface area contributed by atoms with Gasteiger partial charge >= 0.3 is 6.09 Å². The van der Waals surface area contributed by atoms with Crippen LogP contribution in [0.4, 0.5) is 4.79 Å². The molecule has 1 N–H and O–H groups in total. The first-order valence-corrected chi connectivity index (χ1v) is 7.42. The summed E-state index contributed by atoms with van der Waals surface area (Å²) in [6.07, 6.45) is 4.24. The summed E-state index contributed by atoms with van der Waals surface area (Å²) in [6.45, 7) is 1.36. The predicted molar refractivity (Wildman–Crippen MR) is 78.4 cm³/mol. The summed E-state index contributed by atoms with van der Waals surface area (Å²) in [5.41, 5.74) is 0.543. The molecule has 0 bridgehead atoms. The summed E-state index contributed by atoms with van der Waals surface area (Å²) in [5, 5.41) is 2.96. The quantitative estimate of drug-likeness (QED) is 0.858. The van der Waals surface area contributed by atoms with E-state index in [0.29, 0.717) is 37.4 Å². The van der Waals surface area contributed by atoms with Crippen LogP contribution in [0.2, 0.25) is 0 Å². The fourth-order valence-corrected chi connectivity index (χ4v) is 2.27. The zero-order valence-corrected chi connectivity index (χ0v) is 12.4. The molecule has 0 aromatic carbocycles. The number of pyridine rings is 1. The first-order chi connectivity index (χ1) is 10.2. The van der Waals surface area contributed by atoms with E-state index in [1.807, 2.05) is 0 Å². The molecule has 2 amide bonds. The maximum absolute atomic E-state index is 12.0. The Balaban J connectivity index is 1.77. The number of likely N-dealkylation sites (tertiary alicyclic amines) is 1. The van der Waals surface area contributed by atoms with Crippen LogP contribution in [-0.2, 0) is 4.74 Å². The third-order valence-electron chi connectivity index (χ3n) is 3.31. The lowest BCUT2D eigenvalue weighted by Gasteiger charge is -2.31. The second-order valence-corrected chi connectivity index (χ2v) is 5.16. The molecule has 6 nitrogen and oxygen atoms in total. The van der Waals surface area contributed by atoms with Gasteiger partial charge in [0.15, 0.2) is 0 Å². The molecule has 1 saturated heterocycles. The molecular weight excluding hydrogens is 294 g/mol. The number of aromatic nitrogens is 1. The number of alkyl halides is 1. The zero-order chi connectivity index (χ0) is 15.1. The van der Waals surface area contributed by atoms with Gasteiger partial charge in [0.2, 0.25) is 0 Å². The summed E-state index contributed by atoms with van der Waals surface area (Å²) >= 11 is 5.47. The van der Waals surface area contributed by atoms with Crippen molar-refractivity contribution in [3.05, 3.63) is 30.1 Å². The average Bonchev–Trinajstić information content (AvgIpc) is 2.54. The summed E-state index contributed by atoms with van der Waals surface area (Å²) in [4.78, 5) is 29.2. The van der Waals surface area contributed by atoms with Crippen LogP contribution in [0.15, 0.2) is 24.5 Å². The van der Waals surface area contributed by atoms with E-state index in [1.54, 1.807) is 23.2 Å². The van der Waals surface area contributed by atoms with E-state index in [0.717, 1.165) is 0 Å². The highest BCUT2D eigenvalue weighted by Crippen LogP contribution is 2.12. The second kappa shape index (κ2) is 7.83. The minimum Gasteiger partial charge on any atom is -0.448 e. The van der Waals surface area contributed by atoms with Crippen LogP contribution >= 0.6 is 11.6 Å². The van der Waals surface area contributed by atoms with Gasteiger partial charge in [-0.05, 0) is 25.0 Å². The second-order valence-electron chi connectivity index (χ2n) is 4.78. The Labute approximate surface area is 128 Å². The van der Waals surface area contributed by atoms with Gasteiger partial charge in [0.25, 0.3) is 5.91 Å². The number of nitrogens with zero attached hydrogens (tertiary/aromatic N) is 2. The van der Waals surface area contributed by atoms with Gasteiger partial charge in [-0.25, -0.2) is 4.79 Å². The Bertz CT molecular complexity index is 476. The van der Waals surface area contributed by atoms with Crippen molar-refractivity contribution >= 4 is 23.6 Å². The highest BCUT2D eigenvalue weighted by Gasteiger charge is 2.24. The first kappa shape index (κ1) is 15.6. The number of hydrogen-bond acceptors (Lipinski definition) is 4. The lowest BCUT2D eigenvalue weighted by Crippen LogP contribution is -2.46. The number of piperidine rings is 1. The molecule has 21 heavy (non-hydrogen) atoms. The fraction of sp³-hybridized carbons (Fsp3) is 0.500. The number of nitrogens with one attached hydrogen (secondary N) is 1. The Morgan fingerprint density at radius 1 is 1.43 bits per heavy atom. The molecule has 1 fully saturated rings. The molecule has 1 aromatic rings. The number of carbonyl (C=O) groups excluding carboxylic acids is 2. The van der Waals surface area contributed by atoms with E-state index in [2.05, 4.69) is 10.3 Å². The van der Waals surface area contributed by atoms with Crippen molar-refractivity contribution in [1.29, 1.82) is 0 Å². The van der Waals surface area contributed by atoms with Crippen molar-refractivity contribution in [1.82, 2.24) is 15.2 Å². The minimum atomic E-state index is -0.340. The van der Waals surface area contributed by atoms with E-state index in [1.165, 1.54) is 6.20 Å². The van der Waals surface area contributed by atoms with Gasteiger partial charge in [-0.1, -0.05) is 0 Å².